The first-order valence-corrected chi connectivity index (χ1v) is 5.24. The molecular formula is C10H18N4O. The van der Waals surface area contributed by atoms with Gasteiger partial charge < -0.3 is 4.74 Å². The zero-order valence-corrected chi connectivity index (χ0v) is 9.18. The second-order valence-corrected chi connectivity index (χ2v) is 4.10. The molecule has 0 bridgehead atoms. The van der Waals surface area contributed by atoms with E-state index in [4.69, 9.17) is 10.6 Å². The van der Waals surface area contributed by atoms with Gasteiger partial charge in [-0.2, -0.15) is 5.10 Å². The van der Waals surface area contributed by atoms with E-state index in [2.05, 4.69) is 10.5 Å². The number of hydrogen-bond acceptors (Lipinski definition) is 4. The molecule has 1 aromatic heterocycles. The van der Waals surface area contributed by atoms with Gasteiger partial charge in [0, 0.05) is 20.4 Å². The molecule has 1 aliphatic rings. The Hall–Kier alpha value is -0.910. The number of nitrogens with one attached hydrogen (secondary N) is 1. The molecule has 0 saturated heterocycles. The quantitative estimate of drug-likeness (QED) is 0.543. The lowest BCUT2D eigenvalue weighted by Gasteiger charge is -2.23. The van der Waals surface area contributed by atoms with Crippen molar-refractivity contribution in [3.05, 3.63) is 18.0 Å². The highest BCUT2D eigenvalue weighted by molar-refractivity contribution is 5.09. The van der Waals surface area contributed by atoms with Crippen LogP contribution in [0.1, 0.15) is 24.6 Å². The van der Waals surface area contributed by atoms with Crippen molar-refractivity contribution in [1.29, 1.82) is 0 Å². The fourth-order valence-electron chi connectivity index (χ4n) is 1.97. The number of aromatic nitrogens is 2. The Morgan fingerprint density at radius 1 is 1.67 bits per heavy atom. The molecule has 2 rings (SSSR count). The number of ether oxygens (including phenoxy) is 1. The third-order valence-electron chi connectivity index (χ3n) is 2.92. The van der Waals surface area contributed by atoms with Gasteiger partial charge in [0.15, 0.2) is 0 Å². The van der Waals surface area contributed by atoms with E-state index < -0.39 is 0 Å². The molecule has 0 aliphatic heterocycles. The number of nitrogens with two attached hydrogens (primary N) is 1. The molecule has 2 atom stereocenters. The number of hydrazine groups is 1. The zero-order chi connectivity index (χ0) is 10.8. The second-order valence-electron chi connectivity index (χ2n) is 4.10. The van der Waals surface area contributed by atoms with Crippen LogP contribution in [-0.2, 0) is 11.8 Å². The SMILES string of the molecule is COC(C1CC1)C(NN)c1ccn(C)n1. The fraction of sp³-hybridized carbons (Fsp3) is 0.700. The minimum atomic E-state index is -0.0105. The summed E-state index contributed by atoms with van der Waals surface area (Å²) >= 11 is 0. The Bertz CT molecular complexity index is 321. The maximum Gasteiger partial charge on any atom is 0.0914 e. The number of nitrogens with zero attached hydrogens (tertiary/aromatic N) is 2. The molecule has 0 amide bonds. The molecule has 1 aromatic rings. The fourth-order valence-corrected chi connectivity index (χ4v) is 1.97. The van der Waals surface area contributed by atoms with Gasteiger partial charge in [-0.25, -0.2) is 5.43 Å². The average molecular weight is 210 g/mol. The number of hydrogen-bond donors (Lipinski definition) is 2. The lowest BCUT2D eigenvalue weighted by Crippen LogP contribution is -2.39. The van der Waals surface area contributed by atoms with Crippen molar-refractivity contribution in [2.75, 3.05) is 7.11 Å². The maximum atomic E-state index is 5.58. The van der Waals surface area contributed by atoms with Crippen LogP contribution in [0.5, 0.6) is 0 Å². The molecule has 15 heavy (non-hydrogen) atoms. The highest BCUT2D eigenvalue weighted by atomic mass is 16.5. The van der Waals surface area contributed by atoms with Crippen molar-refractivity contribution in [3.63, 3.8) is 0 Å². The van der Waals surface area contributed by atoms with Crippen LogP contribution in [0.3, 0.4) is 0 Å². The first-order chi connectivity index (χ1) is 7.26. The van der Waals surface area contributed by atoms with Gasteiger partial charge in [-0.1, -0.05) is 0 Å². The van der Waals surface area contributed by atoms with Crippen LogP contribution in [0.25, 0.3) is 0 Å². The van der Waals surface area contributed by atoms with Gasteiger partial charge in [-0.3, -0.25) is 10.5 Å². The highest BCUT2D eigenvalue weighted by Gasteiger charge is 2.38. The van der Waals surface area contributed by atoms with Gasteiger partial charge in [-0.15, -0.1) is 0 Å². The Morgan fingerprint density at radius 3 is 2.80 bits per heavy atom. The number of rotatable bonds is 5. The Kier molecular flexibility index (Phi) is 3.04. The van der Waals surface area contributed by atoms with Crippen molar-refractivity contribution < 1.29 is 4.74 Å². The van der Waals surface area contributed by atoms with Crippen LogP contribution in [0.4, 0.5) is 0 Å². The second kappa shape index (κ2) is 4.30. The van der Waals surface area contributed by atoms with Gasteiger partial charge in [0.2, 0.25) is 0 Å². The minimum absolute atomic E-state index is 0.0105. The third kappa shape index (κ3) is 2.19. The van der Waals surface area contributed by atoms with Crippen LogP contribution >= 0.6 is 0 Å². The van der Waals surface area contributed by atoms with E-state index in [1.807, 2.05) is 19.3 Å². The van der Waals surface area contributed by atoms with Gasteiger partial charge in [0.1, 0.15) is 0 Å². The van der Waals surface area contributed by atoms with Gasteiger partial charge >= 0.3 is 0 Å². The normalized spacial score (nSPS) is 20.2. The summed E-state index contributed by atoms with van der Waals surface area (Å²) in [6.07, 6.45) is 4.50. The topological polar surface area (TPSA) is 65.1 Å². The average Bonchev–Trinajstić information content (AvgIpc) is 2.98. The molecule has 3 N–H and O–H groups in total. The van der Waals surface area contributed by atoms with E-state index in [1.54, 1.807) is 11.8 Å². The van der Waals surface area contributed by atoms with Crippen molar-refractivity contribution in [2.24, 2.45) is 18.8 Å². The Labute approximate surface area is 89.6 Å². The molecule has 1 heterocycles. The predicted octanol–water partition coefficient (Wildman–Crippen LogP) is 0.349. The van der Waals surface area contributed by atoms with Crippen molar-refractivity contribution >= 4 is 0 Å². The molecule has 84 valence electrons. The van der Waals surface area contributed by atoms with Crippen LogP contribution in [0, 0.1) is 5.92 Å². The van der Waals surface area contributed by atoms with E-state index in [9.17, 15) is 0 Å². The van der Waals surface area contributed by atoms with E-state index in [0.717, 1.165) is 5.69 Å². The first-order valence-electron chi connectivity index (χ1n) is 5.24. The van der Waals surface area contributed by atoms with Crippen LogP contribution in [0.2, 0.25) is 0 Å². The standard InChI is InChI=1S/C10H18N4O/c1-14-6-5-8(13-14)9(12-11)10(15-2)7-3-4-7/h5-7,9-10,12H,3-4,11H2,1-2H3. The van der Waals surface area contributed by atoms with E-state index in [1.165, 1.54) is 12.8 Å². The first kappa shape index (κ1) is 10.6. The molecular weight excluding hydrogens is 192 g/mol. The molecule has 2 unspecified atom stereocenters. The summed E-state index contributed by atoms with van der Waals surface area (Å²) in [5.74, 6) is 6.20. The summed E-state index contributed by atoms with van der Waals surface area (Å²) in [4.78, 5) is 0. The van der Waals surface area contributed by atoms with Crippen LogP contribution in [-0.4, -0.2) is 23.0 Å². The summed E-state index contributed by atoms with van der Waals surface area (Å²) in [6, 6.07) is 1.96. The molecule has 0 radical (unpaired) electrons. The van der Waals surface area contributed by atoms with Crippen molar-refractivity contribution in [3.8, 4) is 0 Å². The molecule has 5 nitrogen and oxygen atoms in total. The van der Waals surface area contributed by atoms with Crippen molar-refractivity contribution in [2.45, 2.75) is 25.0 Å². The number of aryl methyl sites for hydroxylation is 1. The smallest absolute Gasteiger partial charge is 0.0914 e. The van der Waals surface area contributed by atoms with E-state index >= 15 is 0 Å². The number of methoxy groups -OCH3 is 1. The van der Waals surface area contributed by atoms with E-state index in [0.29, 0.717) is 5.92 Å². The lowest BCUT2D eigenvalue weighted by atomic mass is 10.0. The largest absolute Gasteiger partial charge is 0.379 e. The van der Waals surface area contributed by atoms with Gasteiger partial charge in [0.05, 0.1) is 17.8 Å². The van der Waals surface area contributed by atoms with Crippen molar-refractivity contribution in [1.82, 2.24) is 15.2 Å². The molecule has 5 heteroatoms. The van der Waals surface area contributed by atoms with Gasteiger partial charge in [0.25, 0.3) is 0 Å². The summed E-state index contributed by atoms with van der Waals surface area (Å²) in [6.45, 7) is 0. The molecule has 1 fully saturated rings. The third-order valence-corrected chi connectivity index (χ3v) is 2.92. The van der Waals surface area contributed by atoms with Gasteiger partial charge in [-0.05, 0) is 24.8 Å². The summed E-state index contributed by atoms with van der Waals surface area (Å²) < 4.78 is 7.28. The minimum Gasteiger partial charge on any atom is -0.379 e. The summed E-state index contributed by atoms with van der Waals surface area (Å²) in [5, 5.41) is 4.36. The molecule has 0 aromatic carbocycles. The summed E-state index contributed by atoms with van der Waals surface area (Å²) in [7, 11) is 3.63. The molecule has 1 saturated carbocycles. The zero-order valence-electron chi connectivity index (χ0n) is 9.18. The van der Waals surface area contributed by atoms with Crippen LogP contribution < -0.4 is 11.3 Å². The Morgan fingerprint density at radius 2 is 2.40 bits per heavy atom. The van der Waals surface area contributed by atoms with Crippen LogP contribution in [0.15, 0.2) is 12.3 Å². The predicted molar refractivity (Wildman–Crippen MR) is 56.8 cm³/mol. The lowest BCUT2D eigenvalue weighted by molar-refractivity contribution is 0.0492. The highest BCUT2D eigenvalue weighted by Crippen LogP contribution is 2.39. The Balaban J connectivity index is 2.14. The summed E-state index contributed by atoms with van der Waals surface area (Å²) in [5.41, 5.74) is 3.75. The molecule has 1 aliphatic carbocycles. The maximum absolute atomic E-state index is 5.58. The molecule has 0 spiro atoms. The monoisotopic (exact) mass is 210 g/mol. The van der Waals surface area contributed by atoms with E-state index in [-0.39, 0.29) is 12.1 Å².